The molecule has 0 heterocycles. The van der Waals surface area contributed by atoms with Crippen LogP contribution in [0.25, 0.3) is 0 Å². The van der Waals surface area contributed by atoms with Gasteiger partial charge in [0, 0.05) is 12.6 Å². The van der Waals surface area contributed by atoms with E-state index in [0.29, 0.717) is 12.8 Å². The van der Waals surface area contributed by atoms with E-state index in [1.54, 1.807) is 0 Å². The van der Waals surface area contributed by atoms with Crippen LogP contribution < -0.4 is 15.2 Å². The number of ether oxygens (including phenoxy) is 1. The SMILES string of the molecule is COc1c(F)c(S(N)(=O)=O)c(F)c(N[C@@H]2C/C=C/CCCC2)c1S(=O)(=O)CCCO. The average Bonchev–Trinajstić information content (AvgIpc) is 2.62. The topological polar surface area (TPSA) is 136 Å². The average molecular weight is 469 g/mol. The molecule has 0 bridgehead atoms. The lowest BCUT2D eigenvalue weighted by Crippen LogP contribution is -2.26. The monoisotopic (exact) mass is 468 g/mol. The van der Waals surface area contributed by atoms with Crippen molar-refractivity contribution in [1.82, 2.24) is 0 Å². The zero-order valence-corrected chi connectivity index (χ0v) is 18.2. The van der Waals surface area contributed by atoms with E-state index >= 15 is 4.39 Å². The van der Waals surface area contributed by atoms with Gasteiger partial charge in [-0.15, -0.1) is 0 Å². The zero-order chi connectivity index (χ0) is 22.5. The van der Waals surface area contributed by atoms with Crippen molar-refractivity contribution in [2.45, 2.75) is 54.4 Å². The summed E-state index contributed by atoms with van der Waals surface area (Å²) >= 11 is 0. The van der Waals surface area contributed by atoms with Crippen LogP contribution in [0.3, 0.4) is 0 Å². The Kier molecular flexibility index (Phi) is 8.20. The molecule has 0 aromatic heterocycles. The van der Waals surface area contributed by atoms with Crippen molar-refractivity contribution in [1.29, 1.82) is 0 Å². The number of sulfonamides is 1. The van der Waals surface area contributed by atoms with E-state index in [-0.39, 0.29) is 6.42 Å². The number of allylic oxidation sites excluding steroid dienone is 1. The van der Waals surface area contributed by atoms with Gasteiger partial charge in [0.15, 0.2) is 32.1 Å². The first-order chi connectivity index (χ1) is 14.0. The highest BCUT2D eigenvalue weighted by Crippen LogP contribution is 2.42. The van der Waals surface area contributed by atoms with Gasteiger partial charge < -0.3 is 15.2 Å². The number of sulfone groups is 1. The lowest BCUT2D eigenvalue weighted by molar-refractivity contribution is 0.295. The van der Waals surface area contributed by atoms with E-state index in [4.69, 9.17) is 15.0 Å². The minimum Gasteiger partial charge on any atom is -0.492 e. The molecule has 1 aromatic rings. The number of hydrogen-bond acceptors (Lipinski definition) is 7. The molecule has 1 aliphatic carbocycles. The summed E-state index contributed by atoms with van der Waals surface area (Å²) in [6, 6.07) is -0.425. The van der Waals surface area contributed by atoms with Gasteiger partial charge in [0.05, 0.1) is 18.6 Å². The van der Waals surface area contributed by atoms with Gasteiger partial charge in [-0.3, -0.25) is 0 Å². The number of halogens is 2. The summed E-state index contributed by atoms with van der Waals surface area (Å²) in [6.45, 7) is -0.460. The van der Waals surface area contributed by atoms with Crippen LogP contribution in [0.4, 0.5) is 14.5 Å². The van der Waals surface area contributed by atoms with Gasteiger partial charge in [-0.05, 0) is 32.1 Å². The Morgan fingerprint density at radius 2 is 1.87 bits per heavy atom. The zero-order valence-electron chi connectivity index (χ0n) is 16.5. The second kappa shape index (κ2) is 10.0. The highest BCUT2D eigenvalue weighted by Gasteiger charge is 2.37. The number of rotatable bonds is 8. The summed E-state index contributed by atoms with van der Waals surface area (Å²) in [5.74, 6) is -4.90. The third-order valence-electron chi connectivity index (χ3n) is 4.73. The van der Waals surface area contributed by atoms with Crippen molar-refractivity contribution in [3.05, 3.63) is 23.8 Å². The van der Waals surface area contributed by atoms with Crippen LogP contribution in [0.1, 0.15) is 38.5 Å². The molecule has 12 heteroatoms. The first-order valence-corrected chi connectivity index (χ1v) is 12.6. The molecule has 4 N–H and O–H groups in total. The van der Waals surface area contributed by atoms with Crippen LogP contribution in [0.15, 0.2) is 21.9 Å². The van der Waals surface area contributed by atoms with E-state index in [9.17, 15) is 21.2 Å². The lowest BCUT2D eigenvalue weighted by atomic mass is 10.0. The van der Waals surface area contributed by atoms with Gasteiger partial charge in [0.25, 0.3) is 0 Å². The largest absolute Gasteiger partial charge is 0.492 e. The molecule has 0 unspecified atom stereocenters. The third kappa shape index (κ3) is 5.48. The minimum absolute atomic E-state index is 0.183. The molecule has 0 amide bonds. The Balaban J connectivity index is 2.77. The molecule has 1 aromatic carbocycles. The van der Waals surface area contributed by atoms with Crippen molar-refractivity contribution < 1.29 is 35.5 Å². The normalized spacial score (nSPS) is 19.0. The van der Waals surface area contributed by atoms with Crippen LogP contribution in [-0.2, 0) is 19.9 Å². The Bertz CT molecular complexity index is 1010. The van der Waals surface area contributed by atoms with Crippen LogP contribution in [0, 0.1) is 11.6 Å². The number of anilines is 1. The predicted molar refractivity (Wildman–Crippen MR) is 108 cm³/mol. The summed E-state index contributed by atoms with van der Waals surface area (Å²) in [6.07, 6.45) is 7.16. The molecule has 1 atom stereocenters. The third-order valence-corrected chi connectivity index (χ3v) is 7.50. The molecule has 1 aliphatic rings. The lowest BCUT2D eigenvalue weighted by Gasteiger charge is -2.24. The van der Waals surface area contributed by atoms with Gasteiger partial charge in [-0.25, -0.2) is 30.8 Å². The number of primary sulfonamides is 1. The van der Waals surface area contributed by atoms with Gasteiger partial charge in [-0.2, -0.15) is 0 Å². The van der Waals surface area contributed by atoms with Crippen molar-refractivity contribution in [3.8, 4) is 5.75 Å². The summed E-state index contributed by atoms with van der Waals surface area (Å²) in [5.41, 5.74) is -0.700. The molecule has 8 nitrogen and oxygen atoms in total. The molecule has 0 fully saturated rings. The molecule has 30 heavy (non-hydrogen) atoms. The van der Waals surface area contributed by atoms with Crippen molar-refractivity contribution >= 4 is 25.5 Å². The fourth-order valence-electron chi connectivity index (χ4n) is 3.32. The fraction of sp³-hybridized carbons (Fsp3) is 0.556. The van der Waals surface area contributed by atoms with Crippen molar-refractivity contribution in [2.24, 2.45) is 5.14 Å². The predicted octanol–water partition coefficient (Wildman–Crippen LogP) is 2.08. The molecular formula is C18H26F2N2O6S2. The highest BCUT2D eigenvalue weighted by atomic mass is 32.2. The fourth-order valence-corrected chi connectivity index (χ4v) is 5.65. The molecule has 0 saturated carbocycles. The first kappa shape index (κ1) is 24.5. The Morgan fingerprint density at radius 1 is 1.17 bits per heavy atom. The van der Waals surface area contributed by atoms with Crippen molar-refractivity contribution in [2.75, 3.05) is 24.8 Å². The van der Waals surface area contributed by atoms with Crippen LogP contribution >= 0.6 is 0 Å². The van der Waals surface area contributed by atoms with Gasteiger partial charge in [-0.1, -0.05) is 18.6 Å². The smallest absolute Gasteiger partial charge is 0.244 e. The maximum absolute atomic E-state index is 15.2. The number of methoxy groups -OCH3 is 1. The molecule has 170 valence electrons. The molecule has 0 radical (unpaired) electrons. The molecule has 0 saturated heterocycles. The van der Waals surface area contributed by atoms with E-state index < -0.39 is 71.1 Å². The van der Waals surface area contributed by atoms with E-state index in [1.165, 1.54) is 0 Å². The number of aliphatic hydroxyl groups is 1. The van der Waals surface area contributed by atoms with Crippen LogP contribution in [0.5, 0.6) is 5.75 Å². The first-order valence-electron chi connectivity index (χ1n) is 9.41. The van der Waals surface area contributed by atoms with Crippen molar-refractivity contribution in [3.63, 3.8) is 0 Å². The van der Waals surface area contributed by atoms with Gasteiger partial charge >= 0.3 is 0 Å². The molecule has 0 spiro atoms. The van der Waals surface area contributed by atoms with Gasteiger partial charge in [0.1, 0.15) is 4.90 Å². The second-order valence-electron chi connectivity index (χ2n) is 6.97. The second-order valence-corrected chi connectivity index (χ2v) is 10.5. The number of nitrogens with two attached hydrogens (primary N) is 1. The minimum atomic E-state index is -4.87. The number of aliphatic hydroxyl groups excluding tert-OH is 1. The summed E-state index contributed by atoms with van der Waals surface area (Å²) in [7, 11) is -8.28. The Labute approximate surface area is 175 Å². The number of benzene rings is 1. The number of hydrogen-bond donors (Lipinski definition) is 3. The van der Waals surface area contributed by atoms with Crippen LogP contribution in [-0.4, -0.2) is 47.5 Å². The molecule has 0 aliphatic heterocycles. The van der Waals surface area contributed by atoms with Gasteiger partial charge in [0.2, 0.25) is 10.0 Å². The highest BCUT2D eigenvalue weighted by molar-refractivity contribution is 7.91. The molecule has 2 rings (SSSR count). The maximum Gasteiger partial charge on any atom is 0.244 e. The Morgan fingerprint density at radius 3 is 2.47 bits per heavy atom. The maximum atomic E-state index is 15.2. The molecular weight excluding hydrogens is 442 g/mol. The van der Waals surface area contributed by atoms with E-state index in [0.717, 1.165) is 26.4 Å². The summed E-state index contributed by atoms with van der Waals surface area (Å²) < 4.78 is 84.3. The standard InChI is InChI=1S/C18H26F2N2O6S2/c1-28-16-14(20)17(30(21,26)27)13(19)15(18(16)29(24,25)11-7-10-23)22-12-8-5-3-2-4-6-9-12/h3,5,12,22-23H,2,4,6-11H2,1H3,(H2,21,26,27)/b5-3+/t12-/m1/s1. The van der Waals surface area contributed by atoms with E-state index in [1.807, 2.05) is 12.2 Å². The number of nitrogens with one attached hydrogen (secondary N) is 1. The van der Waals surface area contributed by atoms with Crippen LogP contribution in [0.2, 0.25) is 0 Å². The van der Waals surface area contributed by atoms with E-state index in [2.05, 4.69) is 5.32 Å². The summed E-state index contributed by atoms with van der Waals surface area (Å²) in [5, 5.41) is 16.7. The quantitative estimate of drug-likeness (QED) is 0.497. The summed E-state index contributed by atoms with van der Waals surface area (Å²) in [4.78, 5) is -2.30. The Hall–Kier alpha value is -1.76.